The minimum absolute atomic E-state index is 0.206. The van der Waals surface area contributed by atoms with Crippen LogP contribution in [0.15, 0.2) is 28.7 Å². The molecule has 1 aromatic heterocycles. The third kappa shape index (κ3) is 2.99. The number of nitrogens with zero attached hydrogens (tertiary/aromatic N) is 1. The lowest BCUT2D eigenvalue weighted by molar-refractivity contribution is -0.884. The first-order chi connectivity index (χ1) is 10.7. The highest BCUT2D eigenvalue weighted by Crippen LogP contribution is 2.26. The second-order valence-corrected chi connectivity index (χ2v) is 5.72. The average molecular weight is 304 g/mol. The van der Waals surface area contributed by atoms with Crippen LogP contribution in [0.1, 0.15) is 16.1 Å². The third-order valence-corrected chi connectivity index (χ3v) is 4.07. The van der Waals surface area contributed by atoms with Crippen LogP contribution in [-0.2, 0) is 11.3 Å². The van der Waals surface area contributed by atoms with Crippen molar-refractivity contribution in [2.45, 2.75) is 6.61 Å². The molecule has 6 heteroatoms. The van der Waals surface area contributed by atoms with Gasteiger partial charge in [-0.25, -0.2) is 5.01 Å². The minimum atomic E-state index is -0.206. The van der Waals surface area contributed by atoms with E-state index in [4.69, 9.17) is 9.15 Å². The van der Waals surface area contributed by atoms with Crippen molar-refractivity contribution in [2.75, 3.05) is 40.3 Å². The zero-order chi connectivity index (χ0) is 15.5. The number of carbonyl (C=O) groups excluding carboxylic acids is 1. The van der Waals surface area contributed by atoms with Crippen LogP contribution >= 0.6 is 0 Å². The highest BCUT2D eigenvalue weighted by molar-refractivity contribution is 5.98. The van der Waals surface area contributed by atoms with Gasteiger partial charge in [0.25, 0.3) is 0 Å². The number of piperazine rings is 1. The molecule has 6 nitrogen and oxygen atoms in total. The summed E-state index contributed by atoms with van der Waals surface area (Å²) in [6.07, 6.45) is 0. The lowest BCUT2D eigenvalue weighted by Crippen LogP contribution is -3.12. The van der Waals surface area contributed by atoms with E-state index in [0.29, 0.717) is 18.0 Å². The van der Waals surface area contributed by atoms with Crippen LogP contribution in [0.3, 0.4) is 0 Å². The van der Waals surface area contributed by atoms with Crippen molar-refractivity contribution in [1.82, 2.24) is 10.4 Å². The van der Waals surface area contributed by atoms with Crippen LogP contribution in [0.25, 0.3) is 11.0 Å². The van der Waals surface area contributed by atoms with Crippen LogP contribution in [0.5, 0.6) is 0 Å². The fourth-order valence-corrected chi connectivity index (χ4v) is 2.76. The highest BCUT2D eigenvalue weighted by atomic mass is 16.5. The molecule has 0 saturated carbocycles. The number of benzene rings is 1. The van der Waals surface area contributed by atoms with E-state index >= 15 is 0 Å². The zero-order valence-corrected chi connectivity index (χ0v) is 13.0. The number of rotatable bonds is 4. The number of fused-ring (bicyclic) bond motifs is 1. The van der Waals surface area contributed by atoms with Crippen LogP contribution in [-0.4, -0.2) is 51.3 Å². The summed E-state index contributed by atoms with van der Waals surface area (Å²) in [5.74, 6) is 0.136. The summed E-state index contributed by atoms with van der Waals surface area (Å²) in [7, 11) is 3.78. The second kappa shape index (κ2) is 6.48. The van der Waals surface area contributed by atoms with Gasteiger partial charge >= 0.3 is 5.91 Å². The fourth-order valence-electron chi connectivity index (χ4n) is 2.76. The molecule has 0 spiro atoms. The van der Waals surface area contributed by atoms with Crippen molar-refractivity contribution >= 4 is 16.9 Å². The van der Waals surface area contributed by atoms with Gasteiger partial charge in [-0.15, -0.1) is 0 Å². The topological polar surface area (TPSA) is 59.1 Å². The molecule has 0 aliphatic carbocycles. The maximum Gasteiger partial charge on any atom is 0.301 e. The van der Waals surface area contributed by atoms with Gasteiger partial charge in [0, 0.05) is 18.1 Å². The SMILES string of the molecule is COCc1c(C(=O)NN2CC[NH+](C)CC2)oc2ccccc12. The normalized spacial score (nSPS) is 17.0. The van der Waals surface area contributed by atoms with Gasteiger partial charge in [-0.2, -0.15) is 0 Å². The van der Waals surface area contributed by atoms with Crippen LogP contribution < -0.4 is 10.3 Å². The Bertz CT molecular complexity index is 660. The summed E-state index contributed by atoms with van der Waals surface area (Å²) in [4.78, 5) is 14.0. The number of methoxy groups -OCH3 is 1. The summed E-state index contributed by atoms with van der Waals surface area (Å²) >= 11 is 0. The summed E-state index contributed by atoms with van der Waals surface area (Å²) in [5, 5.41) is 2.89. The first-order valence-corrected chi connectivity index (χ1v) is 7.55. The Morgan fingerprint density at radius 2 is 2.09 bits per heavy atom. The number of quaternary nitrogens is 1. The summed E-state index contributed by atoms with van der Waals surface area (Å²) in [5.41, 5.74) is 4.46. The zero-order valence-electron chi connectivity index (χ0n) is 13.0. The standard InChI is InChI=1S/C16H21N3O3/c1-18-7-9-19(10-8-18)17-16(20)15-13(11-21-2)12-5-3-4-6-14(12)22-15/h3-6H,7-11H2,1-2H3,(H,17,20)/p+1. The van der Waals surface area contributed by atoms with E-state index < -0.39 is 0 Å². The van der Waals surface area contributed by atoms with Gasteiger partial charge in [0.1, 0.15) is 5.58 Å². The molecule has 0 radical (unpaired) electrons. The van der Waals surface area contributed by atoms with Gasteiger partial charge in [-0.3, -0.25) is 10.2 Å². The molecular formula is C16H22N3O3+. The monoisotopic (exact) mass is 304 g/mol. The number of hydrogen-bond acceptors (Lipinski definition) is 4. The highest BCUT2D eigenvalue weighted by Gasteiger charge is 2.24. The predicted octanol–water partition coefficient (Wildman–Crippen LogP) is 0.0543. The Hall–Kier alpha value is -1.89. The average Bonchev–Trinajstić information content (AvgIpc) is 2.89. The molecule has 1 fully saturated rings. The van der Waals surface area contributed by atoms with E-state index in [1.807, 2.05) is 29.3 Å². The van der Waals surface area contributed by atoms with E-state index in [0.717, 1.165) is 37.1 Å². The molecule has 3 rings (SSSR count). The Morgan fingerprint density at radius 3 is 2.82 bits per heavy atom. The number of hydrazine groups is 1. The van der Waals surface area contributed by atoms with Gasteiger partial charge in [0.15, 0.2) is 5.76 Å². The van der Waals surface area contributed by atoms with Crippen LogP contribution in [0.4, 0.5) is 0 Å². The van der Waals surface area contributed by atoms with E-state index in [-0.39, 0.29) is 5.91 Å². The molecular weight excluding hydrogens is 282 g/mol. The number of hydrogen-bond donors (Lipinski definition) is 2. The molecule has 1 aliphatic rings. The quantitative estimate of drug-likeness (QED) is 0.838. The van der Waals surface area contributed by atoms with Gasteiger partial charge in [-0.1, -0.05) is 18.2 Å². The fraction of sp³-hybridized carbons (Fsp3) is 0.438. The minimum Gasteiger partial charge on any atom is -0.450 e. The molecule has 1 amide bonds. The molecule has 0 bridgehead atoms. The number of nitrogens with one attached hydrogen (secondary N) is 2. The van der Waals surface area contributed by atoms with E-state index in [1.165, 1.54) is 4.90 Å². The van der Waals surface area contributed by atoms with E-state index in [2.05, 4.69) is 12.5 Å². The summed E-state index contributed by atoms with van der Waals surface area (Å²) < 4.78 is 11.0. The molecule has 2 aromatic rings. The number of likely N-dealkylation sites (N-methyl/N-ethyl adjacent to an activating group) is 1. The molecule has 0 unspecified atom stereocenters. The Balaban J connectivity index is 1.82. The molecule has 1 aromatic carbocycles. The van der Waals surface area contributed by atoms with Crippen molar-refractivity contribution in [1.29, 1.82) is 0 Å². The molecule has 2 heterocycles. The van der Waals surface area contributed by atoms with E-state index in [1.54, 1.807) is 7.11 Å². The molecule has 22 heavy (non-hydrogen) atoms. The lowest BCUT2D eigenvalue weighted by Gasteiger charge is -2.29. The Morgan fingerprint density at radius 1 is 1.36 bits per heavy atom. The summed E-state index contributed by atoms with van der Waals surface area (Å²) in [6, 6.07) is 7.64. The molecule has 2 N–H and O–H groups in total. The number of carbonyl (C=O) groups is 1. The maximum absolute atomic E-state index is 12.6. The molecule has 118 valence electrons. The molecule has 1 aliphatic heterocycles. The van der Waals surface area contributed by atoms with Crippen LogP contribution in [0.2, 0.25) is 0 Å². The van der Waals surface area contributed by atoms with Crippen molar-refractivity contribution in [3.63, 3.8) is 0 Å². The number of para-hydroxylation sites is 1. The third-order valence-electron chi connectivity index (χ3n) is 4.07. The van der Waals surface area contributed by atoms with Crippen LogP contribution in [0, 0.1) is 0 Å². The Kier molecular flexibility index (Phi) is 4.42. The number of furan rings is 1. The van der Waals surface area contributed by atoms with Gasteiger partial charge in [0.2, 0.25) is 0 Å². The van der Waals surface area contributed by atoms with E-state index in [9.17, 15) is 4.79 Å². The van der Waals surface area contributed by atoms with Crippen molar-refractivity contribution in [3.8, 4) is 0 Å². The second-order valence-electron chi connectivity index (χ2n) is 5.72. The Labute approximate surface area is 129 Å². The smallest absolute Gasteiger partial charge is 0.301 e. The number of ether oxygens (including phenoxy) is 1. The maximum atomic E-state index is 12.6. The van der Waals surface area contributed by atoms with Gasteiger partial charge in [0.05, 0.1) is 39.8 Å². The number of amides is 1. The first kappa shape index (κ1) is 15.0. The largest absolute Gasteiger partial charge is 0.450 e. The van der Waals surface area contributed by atoms with Gasteiger partial charge < -0.3 is 14.1 Å². The first-order valence-electron chi connectivity index (χ1n) is 7.55. The molecule has 1 saturated heterocycles. The van der Waals surface area contributed by atoms with Gasteiger partial charge in [-0.05, 0) is 6.07 Å². The van der Waals surface area contributed by atoms with Crippen molar-refractivity contribution in [3.05, 3.63) is 35.6 Å². The molecule has 0 atom stereocenters. The summed E-state index contributed by atoms with van der Waals surface area (Å²) in [6.45, 7) is 4.08. The lowest BCUT2D eigenvalue weighted by atomic mass is 10.1. The van der Waals surface area contributed by atoms with Crippen molar-refractivity contribution < 1.29 is 18.8 Å². The predicted molar refractivity (Wildman–Crippen MR) is 82.6 cm³/mol. The van der Waals surface area contributed by atoms with Crippen molar-refractivity contribution in [2.24, 2.45) is 0 Å².